The molecule has 6 nitrogen and oxygen atoms in total. The number of rotatable bonds is 4. The van der Waals surface area contributed by atoms with Crippen molar-refractivity contribution in [2.24, 2.45) is 0 Å². The van der Waals surface area contributed by atoms with Crippen LogP contribution in [0.15, 0.2) is 30.5 Å². The normalized spacial score (nSPS) is 12.3. The average Bonchev–Trinajstić information content (AvgIpc) is 2.78. The number of amides is 1. The molecule has 19 heavy (non-hydrogen) atoms. The van der Waals surface area contributed by atoms with Crippen molar-refractivity contribution in [2.75, 3.05) is 0 Å². The molecule has 0 bridgehead atoms. The molecule has 1 aromatic heterocycles. The summed E-state index contributed by atoms with van der Waals surface area (Å²) in [6, 6.07) is 6.14. The van der Waals surface area contributed by atoms with E-state index in [2.05, 4.69) is 4.98 Å². The summed E-state index contributed by atoms with van der Waals surface area (Å²) in [5, 5.41) is 19.8. The van der Waals surface area contributed by atoms with Crippen molar-refractivity contribution in [2.45, 2.75) is 19.4 Å². The molecule has 6 heteroatoms. The van der Waals surface area contributed by atoms with E-state index < -0.39 is 17.9 Å². The number of carboxylic acid groups (broad SMARTS) is 1. The highest BCUT2D eigenvalue weighted by Gasteiger charge is 2.27. The summed E-state index contributed by atoms with van der Waals surface area (Å²) in [5.74, 6) is -1.95. The fourth-order valence-corrected chi connectivity index (χ4v) is 2.01. The first kappa shape index (κ1) is 13.1. The average molecular weight is 262 g/mol. The predicted octanol–water partition coefficient (Wildman–Crippen LogP) is 1.40. The van der Waals surface area contributed by atoms with Gasteiger partial charge in [0.25, 0.3) is 0 Å². The third-order valence-corrected chi connectivity index (χ3v) is 2.99. The highest BCUT2D eigenvalue weighted by atomic mass is 16.5. The molecule has 100 valence electrons. The predicted molar refractivity (Wildman–Crippen MR) is 67.7 cm³/mol. The lowest BCUT2D eigenvalue weighted by molar-refractivity contribution is -0.183. The number of aromatic nitrogens is 1. The van der Waals surface area contributed by atoms with Crippen molar-refractivity contribution in [1.82, 2.24) is 10.0 Å². The van der Waals surface area contributed by atoms with Crippen molar-refractivity contribution < 1.29 is 19.9 Å². The van der Waals surface area contributed by atoms with Crippen LogP contribution in [0.3, 0.4) is 0 Å². The zero-order chi connectivity index (χ0) is 14.0. The molecule has 1 amide bonds. The minimum Gasteiger partial charge on any atom is -0.480 e. The largest absolute Gasteiger partial charge is 0.480 e. The van der Waals surface area contributed by atoms with Crippen LogP contribution < -0.4 is 0 Å². The van der Waals surface area contributed by atoms with Crippen molar-refractivity contribution in [3.63, 3.8) is 0 Å². The number of hydrogen-bond donors (Lipinski definition) is 3. The lowest BCUT2D eigenvalue weighted by atomic mass is 10.0. The molecule has 1 atom stereocenters. The number of fused-ring (bicyclic) bond motifs is 1. The van der Waals surface area contributed by atoms with Gasteiger partial charge in [-0.25, -0.2) is 9.86 Å². The summed E-state index contributed by atoms with van der Waals surface area (Å²) in [5.41, 5.74) is 1.62. The number of carboxylic acids is 1. The van der Waals surface area contributed by atoms with Gasteiger partial charge in [-0.1, -0.05) is 18.2 Å². The summed E-state index contributed by atoms with van der Waals surface area (Å²) < 4.78 is 0. The van der Waals surface area contributed by atoms with Gasteiger partial charge in [0.2, 0.25) is 5.91 Å². The van der Waals surface area contributed by atoms with Crippen LogP contribution in [-0.2, 0) is 16.0 Å². The van der Waals surface area contributed by atoms with E-state index in [4.69, 9.17) is 5.11 Å². The van der Waals surface area contributed by atoms with Crippen LogP contribution in [0.2, 0.25) is 0 Å². The van der Waals surface area contributed by atoms with E-state index >= 15 is 0 Å². The van der Waals surface area contributed by atoms with E-state index in [1.807, 2.05) is 24.3 Å². The molecular formula is C13H14N2O4. The van der Waals surface area contributed by atoms with Gasteiger partial charge in [-0.3, -0.25) is 10.0 Å². The molecule has 1 aromatic carbocycles. The monoisotopic (exact) mass is 262 g/mol. The van der Waals surface area contributed by atoms with Crippen LogP contribution >= 0.6 is 0 Å². The molecular weight excluding hydrogens is 248 g/mol. The first-order chi connectivity index (χ1) is 9.00. The number of hydrogen-bond acceptors (Lipinski definition) is 3. The molecule has 2 rings (SSSR count). The highest BCUT2D eigenvalue weighted by Crippen LogP contribution is 2.20. The number of nitrogens with zero attached hydrogens (tertiary/aromatic N) is 1. The highest BCUT2D eigenvalue weighted by molar-refractivity contribution is 5.85. The molecule has 0 fully saturated rings. The Hall–Kier alpha value is -2.34. The van der Waals surface area contributed by atoms with Crippen LogP contribution in [0, 0.1) is 0 Å². The summed E-state index contributed by atoms with van der Waals surface area (Å²) >= 11 is 0. The van der Waals surface area contributed by atoms with Gasteiger partial charge in [0.15, 0.2) is 6.04 Å². The molecule has 0 radical (unpaired) electrons. The number of nitrogens with one attached hydrogen (secondary N) is 1. The maximum Gasteiger partial charge on any atom is 0.329 e. The maximum atomic E-state index is 11.1. The SMILES string of the molecule is CC(=O)N(O)[C@@H](Cc1c[nH]c2ccccc12)C(=O)O. The van der Waals surface area contributed by atoms with Gasteiger partial charge in [0.05, 0.1) is 0 Å². The Morgan fingerprint density at radius 1 is 1.37 bits per heavy atom. The summed E-state index contributed by atoms with van der Waals surface area (Å²) in [4.78, 5) is 25.3. The second kappa shape index (κ2) is 5.11. The molecule has 0 saturated carbocycles. The summed E-state index contributed by atoms with van der Waals surface area (Å²) in [7, 11) is 0. The van der Waals surface area contributed by atoms with Crippen molar-refractivity contribution in [1.29, 1.82) is 0 Å². The molecule has 0 aliphatic rings. The number of aliphatic carboxylic acids is 1. The van der Waals surface area contributed by atoms with Gasteiger partial charge in [-0.15, -0.1) is 0 Å². The number of H-pyrrole nitrogens is 1. The Kier molecular flexibility index (Phi) is 3.52. The second-order valence-electron chi connectivity index (χ2n) is 4.28. The number of carbonyl (C=O) groups is 2. The van der Waals surface area contributed by atoms with E-state index in [0.717, 1.165) is 23.4 Å². The molecule has 0 spiro atoms. The molecule has 0 saturated heterocycles. The Morgan fingerprint density at radius 3 is 2.68 bits per heavy atom. The van der Waals surface area contributed by atoms with Crippen molar-refractivity contribution in [3.05, 3.63) is 36.0 Å². The van der Waals surface area contributed by atoms with Gasteiger partial charge in [0, 0.05) is 30.4 Å². The minimum absolute atomic E-state index is 0.0371. The van der Waals surface area contributed by atoms with Crippen LogP contribution in [0.4, 0.5) is 0 Å². The number of para-hydroxylation sites is 1. The molecule has 2 aromatic rings. The molecule has 0 aliphatic carbocycles. The van der Waals surface area contributed by atoms with Crippen LogP contribution in [0.1, 0.15) is 12.5 Å². The zero-order valence-corrected chi connectivity index (χ0v) is 10.3. The third-order valence-electron chi connectivity index (χ3n) is 2.99. The minimum atomic E-state index is -1.29. The van der Waals surface area contributed by atoms with E-state index in [-0.39, 0.29) is 11.5 Å². The van der Waals surface area contributed by atoms with E-state index in [1.165, 1.54) is 0 Å². The summed E-state index contributed by atoms with van der Waals surface area (Å²) in [6.07, 6.45) is 1.73. The van der Waals surface area contributed by atoms with Crippen LogP contribution in [-0.4, -0.2) is 38.3 Å². The lowest BCUT2D eigenvalue weighted by Crippen LogP contribution is -2.43. The number of benzene rings is 1. The molecule has 0 aliphatic heterocycles. The van der Waals surface area contributed by atoms with Gasteiger partial charge in [0.1, 0.15) is 0 Å². The fraction of sp³-hybridized carbons (Fsp3) is 0.231. The van der Waals surface area contributed by atoms with Crippen molar-refractivity contribution >= 4 is 22.8 Å². The Balaban J connectivity index is 2.31. The number of aromatic amines is 1. The maximum absolute atomic E-state index is 11.1. The first-order valence-electron chi connectivity index (χ1n) is 5.77. The topological polar surface area (TPSA) is 93.6 Å². The number of carbonyl (C=O) groups excluding carboxylic acids is 1. The lowest BCUT2D eigenvalue weighted by Gasteiger charge is -2.20. The van der Waals surface area contributed by atoms with E-state index in [1.54, 1.807) is 6.20 Å². The fourth-order valence-electron chi connectivity index (χ4n) is 2.01. The van der Waals surface area contributed by atoms with Gasteiger partial charge in [-0.2, -0.15) is 0 Å². The zero-order valence-electron chi connectivity index (χ0n) is 10.3. The van der Waals surface area contributed by atoms with Gasteiger partial charge < -0.3 is 10.1 Å². The Labute approximate surface area is 109 Å². The van der Waals surface area contributed by atoms with Crippen LogP contribution in [0.25, 0.3) is 10.9 Å². The second-order valence-corrected chi connectivity index (χ2v) is 4.28. The quantitative estimate of drug-likeness (QED) is 0.573. The summed E-state index contributed by atoms with van der Waals surface area (Å²) in [6.45, 7) is 1.12. The smallest absolute Gasteiger partial charge is 0.329 e. The van der Waals surface area contributed by atoms with E-state index in [0.29, 0.717) is 0 Å². The Bertz CT molecular complexity index is 620. The first-order valence-corrected chi connectivity index (χ1v) is 5.77. The van der Waals surface area contributed by atoms with E-state index in [9.17, 15) is 14.8 Å². The molecule has 0 unspecified atom stereocenters. The Morgan fingerprint density at radius 2 is 2.05 bits per heavy atom. The standard InChI is InChI=1S/C13H14N2O4/c1-8(16)15(19)12(13(17)18)6-9-7-14-11-5-3-2-4-10(9)11/h2-5,7,12,14,19H,6H2,1H3,(H,17,18)/t12-/m0/s1. The van der Waals surface area contributed by atoms with Crippen LogP contribution in [0.5, 0.6) is 0 Å². The van der Waals surface area contributed by atoms with Crippen molar-refractivity contribution in [3.8, 4) is 0 Å². The van der Waals surface area contributed by atoms with Gasteiger partial charge >= 0.3 is 5.97 Å². The van der Waals surface area contributed by atoms with Gasteiger partial charge in [-0.05, 0) is 11.6 Å². The third kappa shape index (κ3) is 2.58. The number of hydroxylamine groups is 2. The molecule has 3 N–H and O–H groups in total. The molecule has 1 heterocycles.